The molecule has 1 aromatic heterocycles. The Bertz CT molecular complexity index is 1210. The highest BCUT2D eigenvalue weighted by molar-refractivity contribution is 6.20. The molecule has 1 saturated heterocycles. The van der Waals surface area contributed by atoms with Crippen LogP contribution < -0.4 is 14.8 Å². The lowest BCUT2D eigenvalue weighted by molar-refractivity contribution is -0.151. The van der Waals surface area contributed by atoms with Crippen LogP contribution in [-0.4, -0.2) is 46.5 Å². The highest BCUT2D eigenvalue weighted by Gasteiger charge is 2.49. The van der Waals surface area contributed by atoms with Gasteiger partial charge in [0, 0.05) is 23.0 Å². The number of piperazine rings is 1. The first-order chi connectivity index (χ1) is 14.7. The van der Waals surface area contributed by atoms with E-state index in [1.807, 2.05) is 42.5 Å². The van der Waals surface area contributed by atoms with Crippen LogP contribution in [0.25, 0.3) is 10.9 Å². The number of nitrogens with zero attached hydrogens (tertiary/aromatic N) is 1. The van der Waals surface area contributed by atoms with Gasteiger partial charge in [0.05, 0.1) is 11.9 Å². The van der Waals surface area contributed by atoms with E-state index in [9.17, 15) is 9.59 Å². The second-order valence-electron chi connectivity index (χ2n) is 7.76. The quantitative estimate of drug-likeness (QED) is 0.620. The fraction of sp³-hybridized carbons (Fsp3) is 0.273. The van der Waals surface area contributed by atoms with Crippen LogP contribution in [0.3, 0.4) is 0 Å². The molecule has 1 fully saturated rings. The average molecular weight is 424 g/mol. The molecular weight excluding hydrogens is 406 g/mol. The summed E-state index contributed by atoms with van der Waals surface area (Å²) < 4.78 is 11.0. The lowest BCUT2D eigenvalue weighted by atomic mass is 9.85. The van der Waals surface area contributed by atoms with E-state index >= 15 is 0 Å². The molecule has 2 N–H and O–H groups in total. The summed E-state index contributed by atoms with van der Waals surface area (Å²) in [6.45, 7) is 0.170. The van der Waals surface area contributed by atoms with Crippen molar-refractivity contribution in [1.29, 1.82) is 0 Å². The number of carbonyl (C=O) groups is 2. The van der Waals surface area contributed by atoms with Gasteiger partial charge in [0.15, 0.2) is 11.5 Å². The third kappa shape index (κ3) is 2.38. The number of para-hydroxylation sites is 1. The number of fused-ring (bicyclic) bond motifs is 5. The van der Waals surface area contributed by atoms with Gasteiger partial charge in [-0.15, -0.1) is 11.6 Å². The van der Waals surface area contributed by atoms with Crippen LogP contribution in [0.5, 0.6) is 11.5 Å². The standard InChI is InChI=1S/C22H18ClN3O4/c23-9-15-22(28)26-16(21(27)25-15)8-13-12-3-1-2-4-14(12)24-19(13)20(26)11-5-6-17-18(7-11)30-10-29-17/h1-7,15-16,20,24H,8-10H2,(H,25,27)/t15-,16-,20-/m1/s1. The lowest BCUT2D eigenvalue weighted by Gasteiger charge is -2.46. The molecule has 0 aliphatic carbocycles. The van der Waals surface area contributed by atoms with E-state index in [1.54, 1.807) is 4.90 Å². The van der Waals surface area contributed by atoms with Crippen LogP contribution in [0, 0.1) is 0 Å². The Morgan fingerprint density at radius 3 is 2.80 bits per heavy atom. The smallest absolute Gasteiger partial charge is 0.247 e. The fourth-order valence-electron chi connectivity index (χ4n) is 4.81. The molecule has 2 amide bonds. The van der Waals surface area contributed by atoms with Crippen LogP contribution in [-0.2, 0) is 16.0 Å². The molecular formula is C22H18ClN3O4. The number of aromatic amines is 1. The molecule has 152 valence electrons. The van der Waals surface area contributed by atoms with Gasteiger partial charge in [-0.2, -0.15) is 0 Å². The number of hydrogen-bond acceptors (Lipinski definition) is 4. The van der Waals surface area contributed by atoms with Crippen LogP contribution in [0.4, 0.5) is 0 Å². The minimum absolute atomic E-state index is 0.0290. The van der Waals surface area contributed by atoms with Crippen molar-refractivity contribution >= 4 is 34.3 Å². The van der Waals surface area contributed by atoms with Gasteiger partial charge in [0.2, 0.25) is 18.6 Å². The summed E-state index contributed by atoms with van der Waals surface area (Å²) in [6, 6.07) is 11.9. The van der Waals surface area contributed by atoms with Crippen LogP contribution in [0.15, 0.2) is 42.5 Å². The number of benzene rings is 2. The molecule has 3 aliphatic heterocycles. The summed E-state index contributed by atoms with van der Waals surface area (Å²) in [4.78, 5) is 31.5. The minimum Gasteiger partial charge on any atom is -0.454 e. The van der Waals surface area contributed by atoms with Crippen LogP contribution in [0.2, 0.25) is 0 Å². The number of halogens is 1. The molecule has 4 heterocycles. The summed E-state index contributed by atoms with van der Waals surface area (Å²) in [5.74, 6) is 0.976. The maximum atomic E-state index is 13.3. The van der Waals surface area contributed by atoms with Gasteiger partial charge in [-0.05, 0) is 29.3 Å². The second-order valence-corrected chi connectivity index (χ2v) is 8.07. The van der Waals surface area contributed by atoms with E-state index in [-0.39, 0.29) is 24.5 Å². The van der Waals surface area contributed by atoms with Crippen molar-refractivity contribution < 1.29 is 19.1 Å². The summed E-state index contributed by atoms with van der Waals surface area (Å²) in [5, 5.41) is 3.85. The van der Waals surface area contributed by atoms with Crippen molar-refractivity contribution in [2.24, 2.45) is 0 Å². The molecule has 2 aromatic carbocycles. The number of carbonyl (C=O) groups excluding carboxylic acids is 2. The Balaban J connectivity index is 1.58. The predicted octanol–water partition coefficient (Wildman–Crippen LogP) is 2.48. The summed E-state index contributed by atoms with van der Waals surface area (Å²) in [6.07, 6.45) is 0.451. The highest BCUT2D eigenvalue weighted by atomic mass is 35.5. The summed E-state index contributed by atoms with van der Waals surface area (Å²) >= 11 is 6.00. The number of hydrogen-bond donors (Lipinski definition) is 2. The van der Waals surface area contributed by atoms with Gasteiger partial charge in [-0.25, -0.2) is 0 Å². The number of alkyl halides is 1. The molecule has 7 nitrogen and oxygen atoms in total. The fourth-order valence-corrected chi connectivity index (χ4v) is 5.02. The SMILES string of the molecule is O=C1N[C@H](CCl)C(=O)N2[C@H](c3ccc4c(c3)OCO4)c3[nH]c4ccccc4c3C[C@H]12. The van der Waals surface area contributed by atoms with Crippen molar-refractivity contribution in [3.8, 4) is 11.5 Å². The van der Waals surface area contributed by atoms with Crippen LogP contribution >= 0.6 is 11.6 Å². The van der Waals surface area contributed by atoms with Crippen molar-refractivity contribution in [3.63, 3.8) is 0 Å². The third-order valence-electron chi connectivity index (χ3n) is 6.17. The van der Waals surface area contributed by atoms with Crippen molar-refractivity contribution in [2.45, 2.75) is 24.5 Å². The van der Waals surface area contributed by atoms with Crippen molar-refractivity contribution in [2.75, 3.05) is 12.7 Å². The largest absolute Gasteiger partial charge is 0.454 e. The van der Waals surface area contributed by atoms with E-state index < -0.39 is 18.1 Å². The van der Waals surface area contributed by atoms with Gasteiger partial charge in [0.25, 0.3) is 0 Å². The van der Waals surface area contributed by atoms with E-state index in [2.05, 4.69) is 10.3 Å². The molecule has 8 heteroatoms. The predicted molar refractivity (Wildman–Crippen MR) is 110 cm³/mol. The first-order valence-electron chi connectivity index (χ1n) is 9.83. The molecule has 6 rings (SSSR count). The normalized spacial score (nSPS) is 24.6. The number of ether oxygens (including phenoxy) is 2. The summed E-state index contributed by atoms with van der Waals surface area (Å²) in [7, 11) is 0. The molecule has 30 heavy (non-hydrogen) atoms. The Kier molecular flexibility index (Phi) is 3.77. The maximum Gasteiger partial charge on any atom is 0.247 e. The van der Waals surface area contributed by atoms with E-state index in [4.69, 9.17) is 21.1 Å². The van der Waals surface area contributed by atoms with Gasteiger partial charge >= 0.3 is 0 Å². The molecule has 0 radical (unpaired) electrons. The first-order valence-corrected chi connectivity index (χ1v) is 10.4. The zero-order valence-corrected chi connectivity index (χ0v) is 16.6. The molecule has 3 aromatic rings. The zero-order valence-electron chi connectivity index (χ0n) is 15.9. The average Bonchev–Trinajstić information content (AvgIpc) is 3.38. The first kappa shape index (κ1) is 17.7. The Morgan fingerprint density at radius 1 is 1.10 bits per heavy atom. The minimum atomic E-state index is -0.738. The van der Waals surface area contributed by atoms with Crippen molar-refractivity contribution in [1.82, 2.24) is 15.2 Å². The van der Waals surface area contributed by atoms with E-state index in [0.29, 0.717) is 17.9 Å². The molecule has 3 atom stereocenters. The Labute approximate surface area is 176 Å². The second kappa shape index (κ2) is 6.40. The number of rotatable bonds is 2. The van der Waals surface area contributed by atoms with Gasteiger partial charge in [0.1, 0.15) is 12.1 Å². The Morgan fingerprint density at radius 2 is 1.93 bits per heavy atom. The van der Waals surface area contributed by atoms with E-state index in [1.165, 1.54) is 0 Å². The monoisotopic (exact) mass is 423 g/mol. The Hall–Kier alpha value is -3.19. The number of H-pyrrole nitrogens is 1. The van der Waals surface area contributed by atoms with Gasteiger partial charge in [-0.1, -0.05) is 24.3 Å². The van der Waals surface area contributed by atoms with Crippen molar-refractivity contribution in [3.05, 3.63) is 59.3 Å². The third-order valence-corrected chi connectivity index (χ3v) is 6.48. The van der Waals surface area contributed by atoms with E-state index in [0.717, 1.165) is 27.7 Å². The summed E-state index contributed by atoms with van der Waals surface area (Å²) in [5.41, 5.74) is 3.81. The van der Waals surface area contributed by atoms with Gasteiger partial charge in [-0.3, -0.25) is 9.59 Å². The zero-order chi connectivity index (χ0) is 20.4. The molecule has 3 aliphatic rings. The lowest BCUT2D eigenvalue weighted by Crippen LogP contribution is -2.66. The number of nitrogens with one attached hydrogen (secondary N) is 2. The topological polar surface area (TPSA) is 83.7 Å². The number of aromatic nitrogens is 1. The maximum absolute atomic E-state index is 13.3. The van der Waals surface area contributed by atoms with Gasteiger partial charge < -0.3 is 24.7 Å². The molecule has 0 saturated carbocycles. The highest BCUT2D eigenvalue weighted by Crippen LogP contribution is 2.44. The molecule has 0 spiro atoms. The molecule has 0 unspecified atom stereocenters. The number of amides is 2. The molecule has 0 bridgehead atoms. The van der Waals surface area contributed by atoms with Crippen LogP contribution in [0.1, 0.15) is 22.9 Å².